The number of benzene rings is 7. The quantitative estimate of drug-likeness (QED) is 0.210. The molecule has 3 aromatic heterocycles. The van der Waals surface area contributed by atoms with E-state index in [1.54, 1.807) is 4.80 Å². The van der Waals surface area contributed by atoms with E-state index in [1.807, 2.05) is 91.0 Å². The van der Waals surface area contributed by atoms with Crippen molar-refractivity contribution in [3.8, 4) is 39.9 Å². The number of rotatable bonds is 4. The lowest BCUT2D eigenvalue weighted by molar-refractivity contribution is 0.669. The minimum absolute atomic E-state index is 0.104. The van der Waals surface area contributed by atoms with Gasteiger partial charge in [0.2, 0.25) is 0 Å². The third kappa shape index (κ3) is 4.93. The molecule has 7 aromatic carbocycles. The Hall–Kier alpha value is -6.41. The van der Waals surface area contributed by atoms with Crippen LogP contribution in [0.4, 0.5) is 0 Å². The van der Waals surface area contributed by atoms with Crippen molar-refractivity contribution in [3.05, 3.63) is 115 Å². The van der Waals surface area contributed by atoms with E-state index in [9.17, 15) is 0 Å². The molecule has 0 atom stereocenters. The normalized spacial score (nSPS) is 11.8. The molecule has 0 aliphatic rings. The Morgan fingerprint density at radius 1 is 0.472 bits per heavy atom. The van der Waals surface area contributed by atoms with Gasteiger partial charge < -0.3 is 4.42 Å². The Bertz CT molecular complexity index is 3110. The molecule has 0 saturated heterocycles. The minimum Gasteiger partial charge on any atom is -0.456 e. The van der Waals surface area contributed by atoms with Crippen molar-refractivity contribution in [2.24, 2.45) is 0 Å². The molecule has 0 N–H and O–H groups in total. The van der Waals surface area contributed by atoms with Gasteiger partial charge >= 0.3 is 0 Å². The molecular weight excluding hydrogens is 647 g/mol. The van der Waals surface area contributed by atoms with Crippen LogP contribution >= 0.6 is 0 Å². The summed E-state index contributed by atoms with van der Waals surface area (Å²) in [4.78, 5) is 16.4. The number of nitrogens with zero attached hydrogens (tertiary/aromatic N) is 6. The summed E-state index contributed by atoms with van der Waals surface area (Å²) in [6.45, 7) is 0. The molecule has 12 heteroatoms. The van der Waals surface area contributed by atoms with Crippen LogP contribution in [-0.4, -0.2) is 69.2 Å². The summed E-state index contributed by atoms with van der Waals surface area (Å²) in [5.74, 6) is 0.955. The lowest BCUT2D eigenvalue weighted by Gasteiger charge is -2.20. The lowest BCUT2D eigenvalue weighted by atomic mass is 9.60. The van der Waals surface area contributed by atoms with Crippen molar-refractivity contribution in [2.75, 3.05) is 0 Å². The Kier molecular flexibility index (Phi) is 6.99. The molecule has 53 heavy (non-hydrogen) atoms. The van der Waals surface area contributed by atoms with E-state index < -0.39 is 0 Å². The highest BCUT2D eigenvalue weighted by atomic mass is 16.3. The highest BCUT2D eigenvalue weighted by Gasteiger charge is 2.20. The molecule has 0 amide bonds. The van der Waals surface area contributed by atoms with Crippen molar-refractivity contribution in [2.45, 2.75) is 0 Å². The Balaban J connectivity index is 1.18. The van der Waals surface area contributed by atoms with Gasteiger partial charge in [-0.25, -0.2) is 15.0 Å². The molecule has 0 unspecified atom stereocenters. The first-order chi connectivity index (χ1) is 25.8. The summed E-state index contributed by atoms with van der Waals surface area (Å²) in [7, 11) is 31.8. The number of hydrogen-bond acceptors (Lipinski definition) is 6. The van der Waals surface area contributed by atoms with Gasteiger partial charge in [0.15, 0.2) is 17.5 Å². The number of hydrogen-bond donors (Lipinski definition) is 0. The van der Waals surface area contributed by atoms with Gasteiger partial charge in [-0.05, 0) is 58.6 Å². The fourth-order valence-corrected chi connectivity index (χ4v) is 7.04. The first-order valence-corrected chi connectivity index (χ1v) is 16.8. The van der Waals surface area contributed by atoms with Gasteiger partial charge in [-0.2, -0.15) is 4.80 Å². The third-order valence-electron chi connectivity index (χ3n) is 9.79. The second kappa shape index (κ2) is 11.8. The van der Waals surface area contributed by atoms with Crippen molar-refractivity contribution in [1.29, 1.82) is 0 Å². The topological polar surface area (TPSA) is 82.5 Å². The molecular formula is C41H19B5N6O. The van der Waals surface area contributed by atoms with E-state index in [-0.39, 0.29) is 38.7 Å². The molecule has 10 rings (SSSR count). The first kappa shape index (κ1) is 31.3. The molecule has 0 fully saturated rings. The van der Waals surface area contributed by atoms with Gasteiger partial charge in [0.1, 0.15) is 61.4 Å². The van der Waals surface area contributed by atoms with Crippen LogP contribution < -0.4 is 27.3 Å². The first-order valence-electron chi connectivity index (χ1n) is 16.8. The smallest absolute Gasteiger partial charge is 0.164 e. The highest BCUT2D eigenvalue weighted by molar-refractivity contribution is 6.68. The summed E-state index contributed by atoms with van der Waals surface area (Å²) in [6.07, 6.45) is 0. The summed E-state index contributed by atoms with van der Waals surface area (Å²) in [5.41, 5.74) is 6.24. The zero-order valence-electron chi connectivity index (χ0n) is 27.9. The average Bonchev–Trinajstić information content (AvgIpc) is 3.81. The zero-order chi connectivity index (χ0) is 36.0. The van der Waals surface area contributed by atoms with Gasteiger partial charge in [0.05, 0.1) is 5.69 Å². The molecule has 0 aliphatic carbocycles. The van der Waals surface area contributed by atoms with Crippen molar-refractivity contribution in [1.82, 2.24) is 29.9 Å². The van der Waals surface area contributed by atoms with Crippen LogP contribution in [0.3, 0.4) is 0 Å². The van der Waals surface area contributed by atoms with Crippen molar-refractivity contribution >= 4 is 121 Å². The maximum atomic E-state index is 6.52. The van der Waals surface area contributed by atoms with Gasteiger partial charge in [-0.1, -0.05) is 83.7 Å². The highest BCUT2D eigenvalue weighted by Crippen LogP contribution is 2.35. The molecule has 10 aromatic rings. The summed E-state index contributed by atoms with van der Waals surface area (Å²) < 4.78 is 6.20. The Labute approximate surface area is 309 Å². The molecule has 0 saturated carbocycles. The summed E-state index contributed by atoms with van der Waals surface area (Å²) in [6, 6.07) is 37.9. The predicted molar refractivity (Wildman–Crippen MR) is 218 cm³/mol. The van der Waals surface area contributed by atoms with E-state index in [0.29, 0.717) is 22.8 Å². The van der Waals surface area contributed by atoms with Gasteiger partial charge in [-0.15, -0.1) is 26.6 Å². The number of furan rings is 1. The maximum absolute atomic E-state index is 6.52. The van der Waals surface area contributed by atoms with Crippen LogP contribution in [0.15, 0.2) is 120 Å². The Morgan fingerprint density at radius 3 is 1.85 bits per heavy atom. The van der Waals surface area contributed by atoms with Crippen LogP contribution in [0.25, 0.3) is 94.4 Å². The van der Waals surface area contributed by atoms with Crippen LogP contribution in [0.5, 0.6) is 0 Å². The number of aromatic nitrogens is 6. The number of fused-ring (bicyclic) bond motifs is 8. The molecule has 0 spiro atoms. The molecule has 234 valence electrons. The fraction of sp³-hybridized carbons (Fsp3) is 0. The number of para-hydroxylation sites is 2. The molecule has 0 aliphatic heterocycles. The SMILES string of the molecule is [B]c1c([B])c([B])c(-c2nc(-c3ccc4c(ccc5ccc6nn(-c7ccccc7)nc6c54)c3)nc(-c3ccc4c(c3)oc3ccccc34)n2)c([B])c1[B]. The third-order valence-corrected chi connectivity index (χ3v) is 9.79. The van der Waals surface area contributed by atoms with Gasteiger partial charge in [-0.3, -0.25) is 0 Å². The van der Waals surface area contributed by atoms with E-state index >= 15 is 0 Å². The van der Waals surface area contributed by atoms with Crippen LogP contribution in [-0.2, 0) is 0 Å². The maximum Gasteiger partial charge on any atom is 0.164 e. The van der Waals surface area contributed by atoms with Crippen molar-refractivity contribution in [3.63, 3.8) is 0 Å². The average molecular weight is 666 g/mol. The summed E-state index contributed by atoms with van der Waals surface area (Å²) >= 11 is 0. The molecule has 0 bridgehead atoms. The van der Waals surface area contributed by atoms with Crippen LogP contribution in [0, 0.1) is 0 Å². The monoisotopic (exact) mass is 666 g/mol. The largest absolute Gasteiger partial charge is 0.456 e. The second-order valence-corrected chi connectivity index (χ2v) is 12.9. The van der Waals surface area contributed by atoms with Crippen LogP contribution in [0.2, 0.25) is 0 Å². The lowest BCUT2D eigenvalue weighted by Crippen LogP contribution is -2.55. The van der Waals surface area contributed by atoms with E-state index in [0.717, 1.165) is 60.2 Å². The zero-order valence-corrected chi connectivity index (χ0v) is 27.9. The van der Waals surface area contributed by atoms with Crippen LogP contribution in [0.1, 0.15) is 0 Å². The standard InChI is InChI=1S/C41H19B5N6O/c42-33-32(34(43)36(45)37(46)35(33)44)41-48-39(47-40(49-41)23-13-16-27-26-8-4-5-9-29(26)53-30(27)19-23)22-12-15-25-21(18-22)11-10-20-14-17-28-38(31(20)25)51-52(50-28)24-6-2-1-3-7-24/h1-19H. The predicted octanol–water partition coefficient (Wildman–Crippen LogP) is 3.78. The van der Waals surface area contributed by atoms with E-state index in [2.05, 4.69) is 24.3 Å². The van der Waals surface area contributed by atoms with Crippen molar-refractivity contribution < 1.29 is 4.42 Å². The fourth-order valence-electron chi connectivity index (χ4n) is 7.04. The molecule has 10 radical (unpaired) electrons. The van der Waals surface area contributed by atoms with Gasteiger partial charge in [0.25, 0.3) is 0 Å². The van der Waals surface area contributed by atoms with Gasteiger partial charge in [0, 0.05) is 32.8 Å². The molecule has 3 heterocycles. The molecule has 7 nitrogen and oxygen atoms in total. The summed E-state index contributed by atoms with van der Waals surface area (Å²) in [5, 5.41) is 15.7. The van der Waals surface area contributed by atoms with E-state index in [1.165, 1.54) is 0 Å². The second-order valence-electron chi connectivity index (χ2n) is 12.9. The van der Waals surface area contributed by atoms with E-state index in [4.69, 9.17) is 68.8 Å². The minimum atomic E-state index is 0.104. The Morgan fingerprint density at radius 2 is 1.08 bits per heavy atom.